The zero-order chi connectivity index (χ0) is 30.8. The van der Waals surface area contributed by atoms with Crippen molar-refractivity contribution in [3.05, 3.63) is 63.3 Å². The molecule has 240 valence electrons. The van der Waals surface area contributed by atoms with E-state index in [1.807, 2.05) is 35.2 Å². The Balaban J connectivity index is 0.878. The van der Waals surface area contributed by atoms with Crippen molar-refractivity contribution in [2.45, 2.75) is 75.9 Å². The fourth-order valence-electron chi connectivity index (χ4n) is 6.55. The number of thiazole rings is 1. The first-order valence-electron chi connectivity index (χ1n) is 16.3. The van der Waals surface area contributed by atoms with E-state index in [-0.39, 0.29) is 22.1 Å². The fraction of sp³-hybridized carbons (Fsp3) is 0.588. The number of aromatic amines is 1. The maximum Gasteiger partial charge on any atom is 0.305 e. The van der Waals surface area contributed by atoms with Crippen molar-refractivity contribution in [1.82, 2.24) is 20.1 Å². The predicted octanol–water partition coefficient (Wildman–Crippen LogP) is 4.59. The molecule has 1 atom stereocenters. The van der Waals surface area contributed by atoms with Crippen molar-refractivity contribution in [2.24, 2.45) is 0 Å². The van der Waals surface area contributed by atoms with Gasteiger partial charge in [0.2, 0.25) is 5.91 Å². The molecule has 2 aliphatic rings. The van der Waals surface area contributed by atoms with Crippen molar-refractivity contribution >= 4 is 27.5 Å². The number of amides is 1. The molecule has 44 heavy (non-hydrogen) atoms. The minimum absolute atomic E-state index is 0.0260. The van der Waals surface area contributed by atoms with Crippen LogP contribution in [0.3, 0.4) is 0 Å². The number of piperidine rings is 1. The maximum atomic E-state index is 12.9. The lowest BCUT2D eigenvalue weighted by Crippen LogP contribution is -2.58. The Bertz CT molecular complexity index is 1390. The number of aliphatic hydroxyl groups excluding tert-OH is 1. The summed E-state index contributed by atoms with van der Waals surface area (Å²) in [5, 5.41) is 23.9. The molecule has 3 heterocycles. The van der Waals surface area contributed by atoms with Gasteiger partial charge in [0, 0.05) is 38.3 Å². The second kappa shape index (κ2) is 16.0. The number of carbonyl (C=O) groups is 1. The summed E-state index contributed by atoms with van der Waals surface area (Å²) < 4.78 is 6.90. The Hall–Kier alpha value is -2.76. The average Bonchev–Trinajstić information content (AvgIpc) is 3.43. The standard InChI is InChI=1S/C34H48N4O5S/c39-28-14-13-27(32-31(28)36-33(42)44-32)29(40)24-35-17-9-4-2-1-3-5-10-18-37-19-15-34(16-20-37)25-38(21-22-43-34)30(41)23-26-11-7-6-8-12-26/h6-8,11-14,29,35,39-40H,1-5,9-10,15-25H2,(H,36,42)/t29-/m0/s1. The number of hydrogen-bond acceptors (Lipinski definition) is 8. The van der Waals surface area contributed by atoms with E-state index in [1.165, 1.54) is 44.6 Å². The zero-order valence-electron chi connectivity index (χ0n) is 25.8. The molecule has 0 saturated carbocycles. The van der Waals surface area contributed by atoms with Gasteiger partial charge in [0.05, 0.1) is 29.4 Å². The minimum Gasteiger partial charge on any atom is -0.506 e. The number of nitrogens with one attached hydrogen (secondary N) is 2. The summed E-state index contributed by atoms with van der Waals surface area (Å²) in [7, 11) is 0. The molecule has 3 aromatic rings. The van der Waals surface area contributed by atoms with Gasteiger partial charge in [0.25, 0.3) is 0 Å². The van der Waals surface area contributed by atoms with Crippen LogP contribution >= 0.6 is 11.3 Å². The number of H-pyrrole nitrogens is 1. The number of aliphatic hydroxyl groups is 1. The molecule has 5 rings (SSSR count). The molecular weight excluding hydrogens is 576 g/mol. The smallest absolute Gasteiger partial charge is 0.305 e. The second-order valence-corrected chi connectivity index (χ2v) is 13.4. The van der Waals surface area contributed by atoms with Crippen molar-refractivity contribution in [2.75, 3.05) is 52.4 Å². The van der Waals surface area contributed by atoms with Crippen LogP contribution in [0.15, 0.2) is 47.3 Å². The van der Waals surface area contributed by atoms with Gasteiger partial charge >= 0.3 is 4.87 Å². The molecule has 2 aliphatic heterocycles. The quantitative estimate of drug-likeness (QED) is 0.183. The number of unbranched alkanes of at least 4 members (excludes halogenated alkanes) is 6. The number of nitrogens with zero attached hydrogens (tertiary/aromatic N) is 2. The van der Waals surface area contributed by atoms with Gasteiger partial charge in [-0.05, 0) is 50.4 Å². The summed E-state index contributed by atoms with van der Waals surface area (Å²) in [5.74, 6) is 0.236. The van der Waals surface area contributed by atoms with E-state index in [2.05, 4.69) is 15.2 Å². The normalized spacial score (nSPS) is 17.8. The number of benzene rings is 2. The Labute approximate surface area is 264 Å². The zero-order valence-corrected chi connectivity index (χ0v) is 26.6. The van der Waals surface area contributed by atoms with Gasteiger partial charge in [-0.15, -0.1) is 0 Å². The van der Waals surface area contributed by atoms with Gasteiger partial charge in [-0.2, -0.15) is 0 Å². The number of fused-ring (bicyclic) bond motifs is 1. The third-order valence-corrected chi connectivity index (χ3v) is 10.1. The van der Waals surface area contributed by atoms with E-state index < -0.39 is 6.10 Å². The van der Waals surface area contributed by atoms with E-state index >= 15 is 0 Å². The Morgan fingerprint density at radius 1 is 1.00 bits per heavy atom. The van der Waals surface area contributed by atoms with Crippen LogP contribution in [-0.4, -0.2) is 88.9 Å². The number of likely N-dealkylation sites (tertiary alicyclic amines) is 1. The Kier molecular flexibility index (Phi) is 11.9. The largest absolute Gasteiger partial charge is 0.506 e. The van der Waals surface area contributed by atoms with Crippen LogP contribution in [0.4, 0.5) is 0 Å². The van der Waals surface area contributed by atoms with Crippen molar-refractivity contribution in [3.63, 3.8) is 0 Å². The van der Waals surface area contributed by atoms with Gasteiger partial charge < -0.3 is 35.1 Å². The van der Waals surface area contributed by atoms with Crippen LogP contribution in [0.2, 0.25) is 0 Å². The molecule has 1 spiro atoms. The summed E-state index contributed by atoms with van der Waals surface area (Å²) in [6.07, 6.45) is 10.2. The molecule has 2 aromatic carbocycles. The Morgan fingerprint density at radius 3 is 2.50 bits per heavy atom. The van der Waals surface area contributed by atoms with Crippen LogP contribution in [0.1, 0.15) is 75.0 Å². The average molecular weight is 625 g/mol. The number of carbonyl (C=O) groups excluding carboxylic acids is 1. The van der Waals surface area contributed by atoms with Gasteiger partial charge in [0.15, 0.2) is 0 Å². The summed E-state index contributed by atoms with van der Waals surface area (Å²) >= 11 is 1.01. The SMILES string of the molecule is O=C(Cc1ccccc1)N1CCOC2(CCN(CCCCCCCCCNC[C@H](O)c3ccc(O)c4[nH]c(=O)sc34)CC2)C1. The summed E-state index contributed by atoms with van der Waals surface area (Å²) in [6.45, 7) is 6.56. The van der Waals surface area contributed by atoms with Gasteiger partial charge in [-0.3, -0.25) is 9.59 Å². The lowest BCUT2D eigenvalue weighted by molar-refractivity contribution is -0.159. The molecule has 0 aliphatic carbocycles. The molecule has 0 bridgehead atoms. The number of aromatic nitrogens is 1. The highest BCUT2D eigenvalue weighted by atomic mass is 32.1. The molecule has 2 saturated heterocycles. The fourth-order valence-corrected chi connectivity index (χ4v) is 7.46. The highest BCUT2D eigenvalue weighted by Crippen LogP contribution is 2.32. The van der Waals surface area contributed by atoms with E-state index in [0.717, 1.165) is 68.9 Å². The van der Waals surface area contributed by atoms with Crippen LogP contribution in [0, 0.1) is 0 Å². The summed E-state index contributed by atoms with van der Waals surface area (Å²) in [6, 6.07) is 13.2. The predicted molar refractivity (Wildman–Crippen MR) is 175 cm³/mol. The topological polar surface area (TPSA) is 118 Å². The van der Waals surface area contributed by atoms with Crippen molar-refractivity contribution < 1.29 is 19.7 Å². The van der Waals surface area contributed by atoms with E-state index in [1.54, 1.807) is 6.07 Å². The van der Waals surface area contributed by atoms with Crippen molar-refractivity contribution in [1.29, 1.82) is 0 Å². The summed E-state index contributed by atoms with van der Waals surface area (Å²) in [5.41, 5.74) is 1.97. The first-order chi connectivity index (χ1) is 21.4. The number of hydrogen-bond donors (Lipinski definition) is 4. The number of rotatable bonds is 15. The van der Waals surface area contributed by atoms with Gasteiger partial charge in [0.1, 0.15) is 11.3 Å². The highest BCUT2D eigenvalue weighted by Gasteiger charge is 2.40. The molecule has 0 unspecified atom stereocenters. The number of phenolic OH excluding ortho intramolecular Hbond substituents is 1. The first-order valence-corrected chi connectivity index (χ1v) is 17.2. The lowest BCUT2D eigenvalue weighted by Gasteiger charge is -2.47. The monoisotopic (exact) mass is 624 g/mol. The van der Waals surface area contributed by atoms with E-state index in [9.17, 15) is 19.8 Å². The van der Waals surface area contributed by atoms with E-state index in [0.29, 0.717) is 41.9 Å². The van der Waals surface area contributed by atoms with Crippen LogP contribution in [0.5, 0.6) is 5.75 Å². The second-order valence-electron chi connectivity index (χ2n) is 12.4. The van der Waals surface area contributed by atoms with Crippen molar-refractivity contribution in [3.8, 4) is 5.75 Å². The number of ether oxygens (including phenoxy) is 1. The van der Waals surface area contributed by atoms with E-state index in [4.69, 9.17) is 4.74 Å². The maximum absolute atomic E-state index is 12.9. The molecule has 9 nitrogen and oxygen atoms in total. The molecule has 1 amide bonds. The molecule has 10 heteroatoms. The molecular formula is C34H48N4O5S. The highest BCUT2D eigenvalue weighted by molar-refractivity contribution is 7.16. The third kappa shape index (κ3) is 8.91. The van der Waals surface area contributed by atoms with Gasteiger partial charge in [-0.1, -0.05) is 79.8 Å². The van der Waals surface area contributed by atoms with Gasteiger partial charge in [-0.25, -0.2) is 0 Å². The first kappa shape index (κ1) is 32.6. The minimum atomic E-state index is -0.728. The lowest BCUT2D eigenvalue weighted by atomic mass is 9.89. The van der Waals surface area contributed by atoms with Crippen LogP contribution in [-0.2, 0) is 16.0 Å². The molecule has 1 aromatic heterocycles. The number of morpholine rings is 1. The molecule has 4 N–H and O–H groups in total. The molecule has 0 radical (unpaired) electrons. The van der Waals surface area contributed by atoms with Crippen LogP contribution < -0.4 is 10.2 Å². The number of phenols is 1. The number of aromatic hydroxyl groups is 1. The Morgan fingerprint density at radius 2 is 1.73 bits per heavy atom. The summed E-state index contributed by atoms with van der Waals surface area (Å²) in [4.78, 5) is 31.6. The van der Waals surface area contributed by atoms with Crippen LogP contribution in [0.25, 0.3) is 10.2 Å². The third-order valence-electron chi connectivity index (χ3n) is 9.18. The molecule has 2 fully saturated rings.